The lowest BCUT2D eigenvalue weighted by molar-refractivity contribution is -0.133. The molecule has 0 aliphatic carbocycles. The normalized spacial score (nSPS) is 18.5. The SMILES string of the molecule is CCc1nccn1CCN1CCN(CC(=O)N2CCN(c3ccc(Cl)cc3)CC2)CC1. The van der Waals surface area contributed by atoms with Crippen molar-refractivity contribution in [1.82, 2.24) is 24.3 Å². The van der Waals surface area contributed by atoms with Crippen LogP contribution in [0.3, 0.4) is 0 Å². The molecule has 0 spiro atoms. The van der Waals surface area contributed by atoms with Gasteiger partial charge in [0.15, 0.2) is 0 Å². The van der Waals surface area contributed by atoms with E-state index in [1.807, 2.05) is 23.2 Å². The van der Waals surface area contributed by atoms with Crippen LogP contribution in [-0.4, -0.2) is 95.6 Å². The van der Waals surface area contributed by atoms with E-state index in [-0.39, 0.29) is 5.91 Å². The number of carbonyl (C=O) groups excluding carboxylic acids is 1. The molecular formula is C23H33ClN6O. The minimum atomic E-state index is 0.259. The zero-order chi connectivity index (χ0) is 21.6. The zero-order valence-corrected chi connectivity index (χ0v) is 19.2. The predicted octanol–water partition coefficient (Wildman–Crippen LogP) is 2.07. The van der Waals surface area contributed by atoms with Crippen LogP contribution in [0.2, 0.25) is 5.02 Å². The Hall–Kier alpha value is -2.09. The first-order chi connectivity index (χ1) is 15.1. The van der Waals surface area contributed by atoms with Crippen molar-refractivity contribution in [2.45, 2.75) is 19.9 Å². The quantitative estimate of drug-likeness (QED) is 0.654. The van der Waals surface area contributed by atoms with Crippen molar-refractivity contribution in [2.75, 3.05) is 70.3 Å². The number of aromatic nitrogens is 2. The highest BCUT2D eigenvalue weighted by molar-refractivity contribution is 6.30. The average Bonchev–Trinajstić information content (AvgIpc) is 3.27. The largest absolute Gasteiger partial charge is 0.368 e. The van der Waals surface area contributed by atoms with Gasteiger partial charge >= 0.3 is 0 Å². The highest BCUT2D eigenvalue weighted by Gasteiger charge is 2.25. The van der Waals surface area contributed by atoms with Crippen LogP contribution in [0.4, 0.5) is 5.69 Å². The number of nitrogens with zero attached hydrogens (tertiary/aromatic N) is 6. The zero-order valence-electron chi connectivity index (χ0n) is 18.4. The summed E-state index contributed by atoms with van der Waals surface area (Å²) in [7, 11) is 0. The number of anilines is 1. The molecule has 168 valence electrons. The first-order valence-corrected chi connectivity index (χ1v) is 11.7. The predicted molar refractivity (Wildman–Crippen MR) is 125 cm³/mol. The van der Waals surface area contributed by atoms with Gasteiger partial charge in [-0.25, -0.2) is 4.98 Å². The van der Waals surface area contributed by atoms with Crippen molar-refractivity contribution < 1.29 is 4.79 Å². The van der Waals surface area contributed by atoms with E-state index >= 15 is 0 Å². The second-order valence-electron chi connectivity index (χ2n) is 8.35. The molecule has 0 radical (unpaired) electrons. The van der Waals surface area contributed by atoms with E-state index in [0.29, 0.717) is 6.54 Å². The number of benzene rings is 1. The van der Waals surface area contributed by atoms with E-state index < -0.39 is 0 Å². The van der Waals surface area contributed by atoms with Crippen molar-refractivity contribution in [3.05, 3.63) is 47.5 Å². The van der Waals surface area contributed by atoms with Crippen molar-refractivity contribution in [3.8, 4) is 0 Å². The second kappa shape index (κ2) is 10.5. The maximum absolute atomic E-state index is 12.8. The minimum absolute atomic E-state index is 0.259. The third-order valence-corrected chi connectivity index (χ3v) is 6.67. The summed E-state index contributed by atoms with van der Waals surface area (Å²) in [6.45, 7) is 12.0. The number of hydrogen-bond acceptors (Lipinski definition) is 5. The van der Waals surface area contributed by atoms with Gasteiger partial charge in [0.05, 0.1) is 6.54 Å². The molecule has 0 bridgehead atoms. The molecule has 0 unspecified atom stereocenters. The molecule has 2 aromatic rings. The molecule has 8 heteroatoms. The Morgan fingerprint density at radius 2 is 1.61 bits per heavy atom. The summed E-state index contributed by atoms with van der Waals surface area (Å²) in [6, 6.07) is 7.95. The molecule has 0 atom stereocenters. The van der Waals surface area contributed by atoms with Crippen LogP contribution in [0.1, 0.15) is 12.7 Å². The van der Waals surface area contributed by atoms with Gasteiger partial charge in [-0.05, 0) is 24.3 Å². The summed E-state index contributed by atoms with van der Waals surface area (Å²) in [4.78, 5) is 26.3. The van der Waals surface area contributed by atoms with Crippen LogP contribution in [-0.2, 0) is 17.8 Å². The lowest BCUT2D eigenvalue weighted by Gasteiger charge is -2.38. The molecule has 2 aliphatic heterocycles. The number of carbonyl (C=O) groups is 1. The van der Waals surface area contributed by atoms with Gasteiger partial charge < -0.3 is 14.4 Å². The van der Waals surface area contributed by atoms with E-state index in [0.717, 1.165) is 82.7 Å². The molecule has 2 fully saturated rings. The van der Waals surface area contributed by atoms with Gasteiger partial charge in [-0.1, -0.05) is 18.5 Å². The van der Waals surface area contributed by atoms with Gasteiger partial charge in [0.25, 0.3) is 0 Å². The van der Waals surface area contributed by atoms with E-state index in [1.54, 1.807) is 0 Å². The number of piperazine rings is 2. The van der Waals surface area contributed by atoms with Crippen molar-refractivity contribution in [1.29, 1.82) is 0 Å². The topological polar surface area (TPSA) is 47.9 Å². The summed E-state index contributed by atoms with van der Waals surface area (Å²) in [5, 5.41) is 0.755. The van der Waals surface area contributed by atoms with Crippen molar-refractivity contribution >= 4 is 23.2 Å². The van der Waals surface area contributed by atoms with Crippen LogP contribution < -0.4 is 4.90 Å². The minimum Gasteiger partial charge on any atom is -0.368 e. The van der Waals surface area contributed by atoms with Crippen LogP contribution in [0.5, 0.6) is 0 Å². The van der Waals surface area contributed by atoms with Crippen molar-refractivity contribution in [2.24, 2.45) is 0 Å². The molecule has 4 rings (SSSR count). The summed E-state index contributed by atoms with van der Waals surface area (Å²) >= 11 is 5.99. The Morgan fingerprint density at radius 3 is 2.29 bits per heavy atom. The van der Waals surface area contributed by atoms with Gasteiger partial charge in [-0.3, -0.25) is 14.6 Å². The Kier molecular flexibility index (Phi) is 7.48. The molecule has 1 amide bonds. The molecule has 31 heavy (non-hydrogen) atoms. The molecule has 0 saturated carbocycles. The average molecular weight is 445 g/mol. The molecule has 1 aromatic carbocycles. The first-order valence-electron chi connectivity index (χ1n) is 11.4. The molecule has 1 aromatic heterocycles. The van der Waals surface area contributed by atoms with Crippen LogP contribution in [0.25, 0.3) is 0 Å². The maximum atomic E-state index is 12.8. The summed E-state index contributed by atoms with van der Waals surface area (Å²) in [5.74, 6) is 1.41. The fourth-order valence-electron chi connectivity index (χ4n) is 4.44. The molecule has 2 saturated heterocycles. The first kappa shape index (κ1) is 22.1. The highest BCUT2D eigenvalue weighted by Crippen LogP contribution is 2.19. The van der Waals surface area contributed by atoms with Crippen LogP contribution in [0, 0.1) is 0 Å². The molecular weight excluding hydrogens is 412 g/mol. The number of hydrogen-bond donors (Lipinski definition) is 0. The van der Waals surface area contributed by atoms with Crippen LogP contribution >= 0.6 is 11.6 Å². The standard InChI is InChI=1S/C23H33ClN6O/c1-2-22-25-7-8-29(22)14-13-26-9-11-27(12-10-26)19-23(31)30-17-15-28(16-18-30)21-5-3-20(24)4-6-21/h3-8H,2,9-19H2,1H3. The lowest BCUT2D eigenvalue weighted by atomic mass is 10.2. The smallest absolute Gasteiger partial charge is 0.236 e. The summed E-state index contributed by atoms with van der Waals surface area (Å²) < 4.78 is 2.25. The van der Waals surface area contributed by atoms with Gasteiger partial charge in [-0.2, -0.15) is 0 Å². The maximum Gasteiger partial charge on any atom is 0.236 e. The molecule has 7 nitrogen and oxygen atoms in total. The third kappa shape index (κ3) is 5.79. The van der Waals surface area contributed by atoms with E-state index in [1.165, 1.54) is 5.69 Å². The Labute approximate surface area is 190 Å². The molecule has 0 N–H and O–H groups in total. The van der Waals surface area contributed by atoms with E-state index in [9.17, 15) is 4.79 Å². The number of halogens is 1. The Balaban J connectivity index is 1.16. The second-order valence-corrected chi connectivity index (χ2v) is 8.79. The van der Waals surface area contributed by atoms with Gasteiger partial charge in [0, 0.05) is 95.0 Å². The van der Waals surface area contributed by atoms with E-state index in [2.05, 4.69) is 49.5 Å². The number of rotatable bonds is 7. The van der Waals surface area contributed by atoms with E-state index in [4.69, 9.17) is 11.6 Å². The number of imidazole rings is 1. The summed E-state index contributed by atoms with van der Waals surface area (Å²) in [6.07, 6.45) is 4.93. The van der Waals surface area contributed by atoms with Crippen LogP contribution in [0.15, 0.2) is 36.7 Å². The monoisotopic (exact) mass is 444 g/mol. The lowest BCUT2D eigenvalue weighted by Crippen LogP contribution is -2.54. The molecule has 3 heterocycles. The third-order valence-electron chi connectivity index (χ3n) is 6.42. The van der Waals surface area contributed by atoms with Gasteiger partial charge in [0.2, 0.25) is 5.91 Å². The Morgan fingerprint density at radius 1 is 0.935 bits per heavy atom. The van der Waals surface area contributed by atoms with Gasteiger partial charge in [-0.15, -0.1) is 0 Å². The fourth-order valence-corrected chi connectivity index (χ4v) is 4.56. The number of amides is 1. The Bertz CT molecular complexity index is 838. The highest BCUT2D eigenvalue weighted by atomic mass is 35.5. The molecule has 2 aliphatic rings. The summed E-state index contributed by atoms with van der Waals surface area (Å²) in [5.41, 5.74) is 1.18. The van der Waals surface area contributed by atoms with Gasteiger partial charge in [0.1, 0.15) is 5.82 Å². The fraction of sp³-hybridized carbons (Fsp3) is 0.565. The van der Waals surface area contributed by atoms with Crippen molar-refractivity contribution in [3.63, 3.8) is 0 Å². The number of aryl methyl sites for hydroxylation is 1.